The van der Waals surface area contributed by atoms with E-state index in [-0.39, 0.29) is 0 Å². The molecular weight excluding hydrogens is 258 g/mol. The van der Waals surface area contributed by atoms with Crippen molar-refractivity contribution in [2.75, 3.05) is 0 Å². The molecule has 0 amide bonds. The Morgan fingerprint density at radius 1 is 0.765 bits per heavy atom. The minimum atomic E-state index is -5.33. The molecule has 0 aliphatic rings. The summed E-state index contributed by atoms with van der Waals surface area (Å²) >= 11 is 0. The monoisotopic (exact) mass is 264 g/mol. The zero-order chi connectivity index (χ0) is 13.4. The van der Waals surface area contributed by atoms with Gasteiger partial charge in [0.05, 0.1) is 0 Å². The summed E-state index contributed by atoms with van der Waals surface area (Å²) in [5.41, 5.74) is -4.20. The van der Waals surface area contributed by atoms with Gasteiger partial charge in [-0.2, -0.15) is 26.3 Å². The van der Waals surface area contributed by atoms with Crippen molar-refractivity contribution in [2.24, 2.45) is 0 Å². The number of hydrogen-bond donors (Lipinski definition) is 2. The first-order valence-electron chi connectivity index (χ1n) is 4.13. The summed E-state index contributed by atoms with van der Waals surface area (Å²) in [6.45, 7) is -2.70. The van der Waals surface area contributed by atoms with Crippen LogP contribution in [0.15, 0.2) is 4.42 Å². The van der Waals surface area contributed by atoms with E-state index in [1.54, 1.807) is 0 Å². The first-order valence-corrected chi connectivity index (χ1v) is 4.13. The quantitative estimate of drug-likeness (QED) is 0.806. The summed E-state index contributed by atoms with van der Waals surface area (Å²) in [5, 5.41) is 17.1. The van der Waals surface area contributed by atoms with E-state index in [0.717, 1.165) is 0 Å². The molecule has 0 saturated heterocycles. The minimum absolute atomic E-state index is 1.27. The highest BCUT2D eigenvalue weighted by atomic mass is 19.4. The van der Waals surface area contributed by atoms with E-state index in [2.05, 4.69) is 4.42 Å². The zero-order valence-corrected chi connectivity index (χ0v) is 7.98. The Kier molecular flexibility index (Phi) is 3.44. The molecule has 0 radical (unpaired) electrons. The maximum Gasteiger partial charge on any atom is 0.420 e. The summed E-state index contributed by atoms with van der Waals surface area (Å²) < 4.78 is 78.7. The smallest absolute Gasteiger partial charge is 0.420 e. The average Bonchev–Trinajstić information content (AvgIpc) is 2.54. The van der Waals surface area contributed by atoms with Gasteiger partial charge < -0.3 is 14.6 Å². The molecular formula is C8H6F6O3. The second kappa shape index (κ2) is 4.22. The van der Waals surface area contributed by atoms with Gasteiger partial charge in [0, 0.05) is 0 Å². The van der Waals surface area contributed by atoms with Crippen molar-refractivity contribution in [2.45, 2.75) is 25.6 Å². The fourth-order valence-corrected chi connectivity index (χ4v) is 1.35. The normalized spacial score (nSPS) is 13.2. The van der Waals surface area contributed by atoms with Gasteiger partial charge in [0.25, 0.3) is 0 Å². The molecule has 98 valence electrons. The molecule has 0 aliphatic heterocycles. The molecule has 17 heavy (non-hydrogen) atoms. The summed E-state index contributed by atoms with van der Waals surface area (Å²) in [6, 6.07) is 0. The third-order valence-electron chi connectivity index (χ3n) is 1.91. The summed E-state index contributed by atoms with van der Waals surface area (Å²) in [4.78, 5) is 0. The van der Waals surface area contributed by atoms with Gasteiger partial charge in [-0.25, -0.2) is 0 Å². The van der Waals surface area contributed by atoms with E-state index in [1.807, 2.05) is 0 Å². The Morgan fingerprint density at radius 3 is 1.24 bits per heavy atom. The van der Waals surface area contributed by atoms with Gasteiger partial charge in [-0.1, -0.05) is 0 Å². The van der Waals surface area contributed by atoms with E-state index in [1.165, 1.54) is 0 Å². The van der Waals surface area contributed by atoms with Crippen molar-refractivity contribution in [1.29, 1.82) is 0 Å². The van der Waals surface area contributed by atoms with Crippen LogP contribution in [0, 0.1) is 0 Å². The third kappa shape index (κ3) is 2.55. The Balaban J connectivity index is 3.58. The van der Waals surface area contributed by atoms with Crippen LogP contribution in [-0.4, -0.2) is 10.2 Å². The van der Waals surface area contributed by atoms with Crippen LogP contribution in [0.25, 0.3) is 0 Å². The number of rotatable bonds is 2. The molecule has 1 rings (SSSR count). The van der Waals surface area contributed by atoms with Crippen LogP contribution >= 0.6 is 0 Å². The van der Waals surface area contributed by atoms with Gasteiger partial charge in [-0.15, -0.1) is 0 Å². The molecule has 0 unspecified atom stereocenters. The molecule has 1 heterocycles. The highest BCUT2D eigenvalue weighted by Crippen LogP contribution is 2.45. The highest BCUT2D eigenvalue weighted by Gasteiger charge is 2.49. The molecule has 9 heteroatoms. The van der Waals surface area contributed by atoms with Crippen molar-refractivity contribution < 1.29 is 41.0 Å². The van der Waals surface area contributed by atoms with E-state index in [9.17, 15) is 26.3 Å². The minimum Gasteiger partial charge on any atom is -0.460 e. The first kappa shape index (κ1) is 13.8. The number of halogens is 6. The number of furan rings is 1. The predicted octanol–water partition coefficient (Wildman–Crippen LogP) is 2.30. The Labute approximate surface area is 90.3 Å². The summed E-state index contributed by atoms with van der Waals surface area (Å²) in [7, 11) is 0. The lowest BCUT2D eigenvalue weighted by molar-refractivity contribution is -0.162. The van der Waals surface area contributed by atoms with Gasteiger partial charge in [0.1, 0.15) is 35.9 Å². The second-order valence-corrected chi connectivity index (χ2v) is 3.01. The Morgan fingerprint density at radius 2 is 1.06 bits per heavy atom. The number of aliphatic hydroxyl groups excluding tert-OH is 2. The van der Waals surface area contributed by atoms with Crippen molar-refractivity contribution in [1.82, 2.24) is 0 Å². The first-order chi connectivity index (χ1) is 7.62. The fraction of sp³-hybridized carbons (Fsp3) is 0.500. The standard InChI is InChI=1S/C8H6F6O3/c9-7(10,11)5-3(1-15)17-4(2-16)6(5)8(12,13)14/h15-16H,1-2H2. The molecule has 0 bridgehead atoms. The molecule has 0 fully saturated rings. The van der Waals surface area contributed by atoms with Crippen LogP contribution in [0.4, 0.5) is 26.3 Å². The van der Waals surface area contributed by atoms with Crippen molar-refractivity contribution in [3.63, 3.8) is 0 Å². The van der Waals surface area contributed by atoms with Crippen LogP contribution in [0.1, 0.15) is 22.6 Å². The van der Waals surface area contributed by atoms with Gasteiger partial charge in [-0.05, 0) is 0 Å². The van der Waals surface area contributed by atoms with Crippen molar-refractivity contribution in [3.8, 4) is 0 Å². The Hall–Kier alpha value is -1.22. The van der Waals surface area contributed by atoms with Crippen LogP contribution < -0.4 is 0 Å². The lowest BCUT2D eigenvalue weighted by Crippen LogP contribution is -2.17. The molecule has 0 aliphatic carbocycles. The second-order valence-electron chi connectivity index (χ2n) is 3.01. The van der Waals surface area contributed by atoms with Crippen molar-refractivity contribution in [3.05, 3.63) is 22.6 Å². The summed E-state index contributed by atoms with van der Waals surface area (Å²) in [5.74, 6) is -2.54. The fourth-order valence-electron chi connectivity index (χ4n) is 1.35. The number of alkyl halides is 6. The van der Waals surface area contributed by atoms with Crippen molar-refractivity contribution >= 4 is 0 Å². The topological polar surface area (TPSA) is 53.6 Å². The summed E-state index contributed by atoms with van der Waals surface area (Å²) in [6.07, 6.45) is -10.7. The van der Waals surface area contributed by atoms with E-state index < -0.39 is 48.2 Å². The van der Waals surface area contributed by atoms with Crippen LogP contribution in [0.5, 0.6) is 0 Å². The number of aliphatic hydroxyl groups is 2. The molecule has 0 atom stereocenters. The highest BCUT2D eigenvalue weighted by molar-refractivity contribution is 5.38. The van der Waals surface area contributed by atoms with Gasteiger partial charge in [0.2, 0.25) is 0 Å². The lowest BCUT2D eigenvalue weighted by atomic mass is 10.1. The SMILES string of the molecule is OCc1oc(CO)c(C(F)(F)F)c1C(F)(F)F. The molecule has 0 aromatic carbocycles. The predicted molar refractivity (Wildman–Crippen MR) is 40.6 cm³/mol. The lowest BCUT2D eigenvalue weighted by Gasteiger charge is -2.11. The van der Waals surface area contributed by atoms with Crippen LogP contribution in [-0.2, 0) is 25.6 Å². The van der Waals surface area contributed by atoms with Crippen LogP contribution in [0.2, 0.25) is 0 Å². The molecule has 1 aromatic rings. The zero-order valence-electron chi connectivity index (χ0n) is 7.98. The third-order valence-corrected chi connectivity index (χ3v) is 1.91. The van der Waals surface area contributed by atoms with Crippen LogP contribution in [0.3, 0.4) is 0 Å². The van der Waals surface area contributed by atoms with E-state index in [0.29, 0.717) is 0 Å². The van der Waals surface area contributed by atoms with E-state index >= 15 is 0 Å². The maximum atomic E-state index is 12.4. The van der Waals surface area contributed by atoms with Gasteiger partial charge in [-0.3, -0.25) is 0 Å². The average molecular weight is 264 g/mol. The maximum absolute atomic E-state index is 12.4. The van der Waals surface area contributed by atoms with Gasteiger partial charge >= 0.3 is 12.4 Å². The molecule has 3 nitrogen and oxygen atoms in total. The molecule has 0 spiro atoms. The van der Waals surface area contributed by atoms with E-state index in [4.69, 9.17) is 10.2 Å². The Bertz CT molecular complexity index is 366. The molecule has 2 N–H and O–H groups in total. The number of hydrogen-bond acceptors (Lipinski definition) is 3. The van der Waals surface area contributed by atoms with Gasteiger partial charge in [0.15, 0.2) is 0 Å². The molecule has 1 aromatic heterocycles. The molecule has 0 saturated carbocycles. The largest absolute Gasteiger partial charge is 0.460 e.